The van der Waals surface area contributed by atoms with E-state index in [4.69, 9.17) is 0 Å². The van der Waals surface area contributed by atoms with Crippen LogP contribution in [0.15, 0.2) is 43.0 Å². The van der Waals surface area contributed by atoms with E-state index in [1.807, 2.05) is 48.9 Å². The molecule has 0 spiro atoms. The van der Waals surface area contributed by atoms with Crippen LogP contribution < -0.4 is 5.32 Å². The second-order valence-electron chi connectivity index (χ2n) is 5.62. The summed E-state index contributed by atoms with van der Waals surface area (Å²) in [6, 6.07) is 7.70. The Kier molecular flexibility index (Phi) is 4.23. The molecule has 4 nitrogen and oxygen atoms in total. The monoisotopic (exact) mass is 271 g/mol. The van der Waals surface area contributed by atoms with E-state index < -0.39 is 0 Å². The van der Waals surface area contributed by atoms with E-state index in [9.17, 15) is 4.79 Å². The van der Waals surface area contributed by atoms with Gasteiger partial charge < -0.3 is 9.88 Å². The second kappa shape index (κ2) is 5.90. The predicted molar refractivity (Wildman–Crippen MR) is 79.6 cm³/mol. The molecule has 0 aliphatic carbocycles. The standard InChI is InChI=1S/C16H21N3O/c1-4-16(2,3)18-15(20)14-7-5-13(6-8-14)11-19-10-9-17-12-19/h5-10,12H,4,11H2,1-3H3,(H,18,20). The molecule has 2 rings (SSSR count). The minimum atomic E-state index is -0.174. The molecule has 0 fully saturated rings. The maximum atomic E-state index is 12.1. The number of imidazole rings is 1. The maximum absolute atomic E-state index is 12.1. The van der Waals surface area contributed by atoms with Gasteiger partial charge in [0, 0.05) is 30.0 Å². The Morgan fingerprint density at radius 3 is 2.55 bits per heavy atom. The van der Waals surface area contributed by atoms with Gasteiger partial charge in [-0.1, -0.05) is 19.1 Å². The lowest BCUT2D eigenvalue weighted by Crippen LogP contribution is -2.42. The summed E-state index contributed by atoms with van der Waals surface area (Å²) in [5.74, 6) is -0.0222. The number of amides is 1. The van der Waals surface area contributed by atoms with Crippen molar-refractivity contribution >= 4 is 5.91 Å². The molecule has 1 N–H and O–H groups in total. The molecule has 0 atom stereocenters. The van der Waals surface area contributed by atoms with Crippen LogP contribution in [0.2, 0.25) is 0 Å². The molecule has 0 bridgehead atoms. The molecule has 1 heterocycles. The lowest BCUT2D eigenvalue weighted by Gasteiger charge is -2.24. The van der Waals surface area contributed by atoms with Crippen LogP contribution in [-0.2, 0) is 6.54 Å². The van der Waals surface area contributed by atoms with Gasteiger partial charge in [0.2, 0.25) is 0 Å². The van der Waals surface area contributed by atoms with Gasteiger partial charge in [0.15, 0.2) is 0 Å². The maximum Gasteiger partial charge on any atom is 0.251 e. The van der Waals surface area contributed by atoms with Crippen molar-refractivity contribution in [2.45, 2.75) is 39.3 Å². The van der Waals surface area contributed by atoms with Crippen molar-refractivity contribution in [1.29, 1.82) is 0 Å². The Bertz CT molecular complexity index is 556. The van der Waals surface area contributed by atoms with Gasteiger partial charge in [-0.15, -0.1) is 0 Å². The second-order valence-corrected chi connectivity index (χ2v) is 5.62. The zero-order valence-corrected chi connectivity index (χ0v) is 12.3. The van der Waals surface area contributed by atoms with Crippen LogP contribution in [0.3, 0.4) is 0 Å². The highest BCUT2D eigenvalue weighted by Crippen LogP contribution is 2.11. The highest BCUT2D eigenvalue weighted by Gasteiger charge is 2.18. The molecule has 0 saturated carbocycles. The molecule has 4 heteroatoms. The molecule has 1 aromatic carbocycles. The molecule has 20 heavy (non-hydrogen) atoms. The van der Waals surface area contributed by atoms with E-state index in [-0.39, 0.29) is 11.4 Å². The van der Waals surface area contributed by atoms with E-state index in [0.29, 0.717) is 5.56 Å². The van der Waals surface area contributed by atoms with Crippen molar-refractivity contribution in [2.24, 2.45) is 0 Å². The summed E-state index contributed by atoms with van der Waals surface area (Å²) in [4.78, 5) is 16.1. The molecule has 1 amide bonds. The third kappa shape index (κ3) is 3.70. The van der Waals surface area contributed by atoms with E-state index in [2.05, 4.69) is 17.2 Å². The van der Waals surface area contributed by atoms with Crippen molar-refractivity contribution < 1.29 is 4.79 Å². The van der Waals surface area contributed by atoms with Crippen LogP contribution in [0.5, 0.6) is 0 Å². The summed E-state index contributed by atoms with van der Waals surface area (Å²) in [7, 11) is 0. The van der Waals surface area contributed by atoms with Gasteiger partial charge in [0.25, 0.3) is 5.91 Å². The normalized spacial score (nSPS) is 11.3. The van der Waals surface area contributed by atoms with E-state index >= 15 is 0 Å². The first-order valence-electron chi connectivity index (χ1n) is 6.87. The van der Waals surface area contributed by atoms with Crippen LogP contribution in [0.1, 0.15) is 43.1 Å². The Hall–Kier alpha value is -2.10. The average Bonchev–Trinajstić information content (AvgIpc) is 2.92. The summed E-state index contributed by atoms with van der Waals surface area (Å²) in [5, 5.41) is 3.03. The summed E-state index contributed by atoms with van der Waals surface area (Å²) in [6.45, 7) is 6.88. The number of carbonyl (C=O) groups is 1. The number of benzene rings is 1. The highest BCUT2D eigenvalue weighted by atomic mass is 16.1. The van der Waals surface area contributed by atoms with Crippen LogP contribution in [0.4, 0.5) is 0 Å². The number of hydrogen-bond donors (Lipinski definition) is 1. The third-order valence-corrected chi connectivity index (χ3v) is 3.48. The molecule has 0 saturated heterocycles. The van der Waals surface area contributed by atoms with Gasteiger partial charge in [0.05, 0.1) is 6.33 Å². The molecule has 0 aliphatic heterocycles. The van der Waals surface area contributed by atoms with Crippen molar-refractivity contribution in [1.82, 2.24) is 14.9 Å². The minimum Gasteiger partial charge on any atom is -0.347 e. The average molecular weight is 271 g/mol. The molecular weight excluding hydrogens is 250 g/mol. The number of nitrogens with one attached hydrogen (secondary N) is 1. The van der Waals surface area contributed by atoms with E-state index in [0.717, 1.165) is 18.5 Å². The summed E-state index contributed by atoms with van der Waals surface area (Å²) < 4.78 is 2.00. The van der Waals surface area contributed by atoms with Crippen LogP contribution in [0, 0.1) is 0 Å². The summed E-state index contributed by atoms with van der Waals surface area (Å²) in [6.07, 6.45) is 6.36. The molecule has 0 unspecified atom stereocenters. The number of nitrogens with zero attached hydrogens (tertiary/aromatic N) is 2. The fraction of sp³-hybridized carbons (Fsp3) is 0.375. The Morgan fingerprint density at radius 2 is 2.00 bits per heavy atom. The van der Waals surface area contributed by atoms with Gasteiger partial charge in [0.1, 0.15) is 0 Å². The molecule has 0 aliphatic rings. The van der Waals surface area contributed by atoms with Gasteiger partial charge in [-0.25, -0.2) is 4.98 Å². The molecule has 2 aromatic rings. The first kappa shape index (κ1) is 14.3. The molecule has 106 valence electrons. The summed E-state index contributed by atoms with van der Waals surface area (Å²) in [5.41, 5.74) is 1.67. The van der Waals surface area contributed by atoms with Crippen molar-refractivity contribution in [3.05, 3.63) is 54.1 Å². The van der Waals surface area contributed by atoms with Crippen molar-refractivity contribution in [3.63, 3.8) is 0 Å². The molecular formula is C16H21N3O. The number of rotatable bonds is 5. The molecule has 1 aromatic heterocycles. The van der Waals surface area contributed by atoms with Crippen molar-refractivity contribution in [3.8, 4) is 0 Å². The van der Waals surface area contributed by atoms with Crippen LogP contribution in [0.25, 0.3) is 0 Å². The Balaban J connectivity index is 2.02. The van der Waals surface area contributed by atoms with Crippen molar-refractivity contribution in [2.75, 3.05) is 0 Å². The lowest BCUT2D eigenvalue weighted by atomic mass is 10.0. The van der Waals surface area contributed by atoms with Crippen LogP contribution >= 0.6 is 0 Å². The first-order chi connectivity index (χ1) is 9.50. The van der Waals surface area contributed by atoms with Gasteiger partial charge in [-0.3, -0.25) is 4.79 Å². The van der Waals surface area contributed by atoms with Gasteiger partial charge in [-0.2, -0.15) is 0 Å². The Labute approximate surface area is 119 Å². The smallest absolute Gasteiger partial charge is 0.251 e. The first-order valence-corrected chi connectivity index (χ1v) is 6.87. The quantitative estimate of drug-likeness (QED) is 0.909. The van der Waals surface area contributed by atoms with E-state index in [1.165, 1.54) is 0 Å². The fourth-order valence-electron chi connectivity index (χ4n) is 1.82. The highest BCUT2D eigenvalue weighted by molar-refractivity contribution is 5.94. The minimum absolute atomic E-state index is 0.0222. The Morgan fingerprint density at radius 1 is 1.30 bits per heavy atom. The third-order valence-electron chi connectivity index (χ3n) is 3.48. The zero-order chi connectivity index (χ0) is 14.6. The van der Waals surface area contributed by atoms with Gasteiger partial charge >= 0.3 is 0 Å². The predicted octanol–water partition coefficient (Wildman–Crippen LogP) is 2.85. The topological polar surface area (TPSA) is 46.9 Å². The largest absolute Gasteiger partial charge is 0.347 e. The summed E-state index contributed by atoms with van der Waals surface area (Å²) >= 11 is 0. The lowest BCUT2D eigenvalue weighted by molar-refractivity contribution is 0.0911. The fourth-order valence-corrected chi connectivity index (χ4v) is 1.82. The number of aromatic nitrogens is 2. The van der Waals surface area contributed by atoms with E-state index in [1.54, 1.807) is 12.5 Å². The number of carbonyl (C=O) groups excluding carboxylic acids is 1. The SMILES string of the molecule is CCC(C)(C)NC(=O)c1ccc(Cn2ccnc2)cc1. The van der Waals surface area contributed by atoms with Crippen LogP contribution in [-0.4, -0.2) is 21.0 Å². The molecule has 0 radical (unpaired) electrons. The zero-order valence-electron chi connectivity index (χ0n) is 12.3. The van der Waals surface area contributed by atoms with Gasteiger partial charge in [-0.05, 0) is 38.0 Å². The number of hydrogen-bond acceptors (Lipinski definition) is 2.